The number of carbonyl (C=O) groups excluding carboxylic acids is 1. The molecule has 1 fully saturated rings. The smallest absolute Gasteiger partial charge is 0.227 e. The molecule has 2 heterocycles. The number of amides is 1. The maximum atomic E-state index is 13.7. The van der Waals surface area contributed by atoms with Gasteiger partial charge in [-0.15, -0.1) is 0 Å². The number of nitrogens with zero attached hydrogens (tertiary/aromatic N) is 1. The van der Waals surface area contributed by atoms with E-state index in [1.165, 1.54) is 12.1 Å². The van der Waals surface area contributed by atoms with Crippen LogP contribution in [0.25, 0.3) is 0 Å². The SMILES string of the molecule is NC(=O)C[C@H](c1ccc(F)c(F)c1)c1oc(CN2CCOCC2)cc(=O)c1O. The highest BCUT2D eigenvalue weighted by atomic mass is 19.2. The van der Waals surface area contributed by atoms with Crippen LogP contribution in [-0.2, 0) is 16.1 Å². The lowest BCUT2D eigenvalue weighted by molar-refractivity contribution is -0.118. The van der Waals surface area contributed by atoms with Crippen LogP contribution in [0.3, 0.4) is 0 Å². The van der Waals surface area contributed by atoms with E-state index >= 15 is 0 Å². The van der Waals surface area contributed by atoms with Crippen molar-refractivity contribution in [2.75, 3.05) is 26.3 Å². The minimum atomic E-state index is -1.13. The van der Waals surface area contributed by atoms with Crippen LogP contribution < -0.4 is 11.2 Å². The Labute approximate surface area is 159 Å². The van der Waals surface area contributed by atoms with Crippen LogP contribution in [0, 0.1) is 11.6 Å². The van der Waals surface area contributed by atoms with Crippen LogP contribution in [0.15, 0.2) is 33.5 Å². The van der Waals surface area contributed by atoms with Gasteiger partial charge in [0.05, 0.1) is 25.7 Å². The molecule has 1 saturated heterocycles. The molecule has 1 aliphatic rings. The Morgan fingerprint density at radius 1 is 1.21 bits per heavy atom. The summed E-state index contributed by atoms with van der Waals surface area (Å²) in [6.45, 7) is 2.69. The Hall–Kier alpha value is -2.78. The van der Waals surface area contributed by atoms with E-state index in [1.54, 1.807) is 0 Å². The largest absolute Gasteiger partial charge is 0.502 e. The number of ether oxygens (including phenoxy) is 1. The normalized spacial score (nSPS) is 16.1. The molecule has 3 N–H and O–H groups in total. The molecule has 1 atom stereocenters. The average Bonchev–Trinajstić information content (AvgIpc) is 2.66. The number of morpholine rings is 1. The van der Waals surface area contributed by atoms with Gasteiger partial charge in [-0.25, -0.2) is 8.78 Å². The van der Waals surface area contributed by atoms with Crippen LogP contribution in [0.2, 0.25) is 0 Å². The highest BCUT2D eigenvalue weighted by molar-refractivity contribution is 5.75. The molecular weight excluding hydrogens is 374 g/mol. The van der Waals surface area contributed by atoms with Crippen molar-refractivity contribution in [2.45, 2.75) is 18.9 Å². The van der Waals surface area contributed by atoms with Gasteiger partial charge < -0.3 is 20.0 Å². The van der Waals surface area contributed by atoms with Gasteiger partial charge in [0, 0.05) is 25.6 Å². The van der Waals surface area contributed by atoms with E-state index in [2.05, 4.69) is 0 Å². The Morgan fingerprint density at radius 3 is 2.57 bits per heavy atom. The summed E-state index contributed by atoms with van der Waals surface area (Å²) in [6, 6.07) is 4.20. The minimum absolute atomic E-state index is 0.152. The van der Waals surface area contributed by atoms with Gasteiger partial charge in [0.1, 0.15) is 5.76 Å². The molecule has 28 heavy (non-hydrogen) atoms. The Balaban J connectivity index is 2.01. The number of benzene rings is 1. The van der Waals surface area contributed by atoms with Crippen molar-refractivity contribution in [3.05, 3.63) is 63.2 Å². The van der Waals surface area contributed by atoms with Crippen molar-refractivity contribution in [3.63, 3.8) is 0 Å². The summed E-state index contributed by atoms with van der Waals surface area (Å²) >= 11 is 0. The lowest BCUT2D eigenvalue weighted by Gasteiger charge is -2.26. The van der Waals surface area contributed by atoms with Crippen LogP contribution in [0.4, 0.5) is 8.78 Å². The van der Waals surface area contributed by atoms with Crippen molar-refractivity contribution >= 4 is 5.91 Å². The van der Waals surface area contributed by atoms with Gasteiger partial charge >= 0.3 is 0 Å². The second-order valence-electron chi connectivity index (χ2n) is 6.57. The fourth-order valence-corrected chi connectivity index (χ4v) is 3.14. The Kier molecular flexibility index (Phi) is 6.05. The number of primary amides is 1. The standard InChI is InChI=1S/C19H20F2N2O5/c20-14-2-1-11(7-15(14)21)13(9-17(22)25)19-18(26)16(24)8-12(28-19)10-23-3-5-27-6-4-23/h1-2,7-8,13,26H,3-6,9-10H2,(H2,22,25)/t13-/m1/s1. The third-order valence-corrected chi connectivity index (χ3v) is 4.55. The van der Waals surface area contributed by atoms with Gasteiger partial charge in [0.25, 0.3) is 0 Å². The fourth-order valence-electron chi connectivity index (χ4n) is 3.14. The quantitative estimate of drug-likeness (QED) is 0.769. The summed E-state index contributed by atoms with van der Waals surface area (Å²) in [5.74, 6) is -4.61. The maximum Gasteiger partial charge on any atom is 0.227 e. The molecule has 9 heteroatoms. The van der Waals surface area contributed by atoms with Crippen LogP contribution in [0.1, 0.15) is 29.4 Å². The summed E-state index contributed by atoms with van der Waals surface area (Å²) in [4.78, 5) is 25.8. The molecule has 1 amide bonds. The van der Waals surface area contributed by atoms with Gasteiger partial charge in [-0.3, -0.25) is 14.5 Å². The van der Waals surface area contributed by atoms with E-state index in [1.807, 2.05) is 4.90 Å². The highest BCUT2D eigenvalue weighted by Gasteiger charge is 2.26. The lowest BCUT2D eigenvalue weighted by atomic mass is 9.91. The predicted octanol–water partition coefficient (Wildman–Crippen LogP) is 1.46. The lowest BCUT2D eigenvalue weighted by Crippen LogP contribution is -2.35. The van der Waals surface area contributed by atoms with E-state index < -0.39 is 34.6 Å². The van der Waals surface area contributed by atoms with Crippen molar-refractivity contribution in [3.8, 4) is 5.75 Å². The highest BCUT2D eigenvalue weighted by Crippen LogP contribution is 2.33. The number of halogens is 2. The molecule has 0 spiro atoms. The van der Waals surface area contributed by atoms with Crippen LogP contribution in [-0.4, -0.2) is 42.2 Å². The molecule has 0 bridgehead atoms. The zero-order valence-corrected chi connectivity index (χ0v) is 15.0. The molecule has 0 saturated carbocycles. The van der Waals surface area contributed by atoms with Gasteiger partial charge in [0.15, 0.2) is 17.4 Å². The minimum Gasteiger partial charge on any atom is -0.502 e. The molecular formula is C19H20F2N2O5. The molecule has 1 aliphatic heterocycles. The van der Waals surface area contributed by atoms with Gasteiger partial charge in [0.2, 0.25) is 17.1 Å². The maximum absolute atomic E-state index is 13.7. The van der Waals surface area contributed by atoms with E-state index in [9.17, 15) is 23.5 Å². The second kappa shape index (κ2) is 8.49. The molecule has 0 unspecified atom stereocenters. The number of nitrogens with two attached hydrogens (primary N) is 1. The van der Waals surface area contributed by atoms with Gasteiger partial charge in [-0.1, -0.05) is 6.07 Å². The summed E-state index contributed by atoms with van der Waals surface area (Å²) in [6.07, 6.45) is -0.359. The molecule has 3 rings (SSSR count). The number of rotatable bonds is 6. The Morgan fingerprint density at radius 2 is 1.93 bits per heavy atom. The average molecular weight is 394 g/mol. The number of hydrogen-bond donors (Lipinski definition) is 2. The zero-order chi connectivity index (χ0) is 20.3. The summed E-state index contributed by atoms with van der Waals surface area (Å²) in [5, 5.41) is 10.2. The molecule has 150 valence electrons. The van der Waals surface area contributed by atoms with Crippen molar-refractivity contribution in [1.29, 1.82) is 0 Å². The molecule has 7 nitrogen and oxygen atoms in total. The number of hydrogen-bond acceptors (Lipinski definition) is 6. The van der Waals surface area contributed by atoms with E-state index in [0.29, 0.717) is 32.8 Å². The first-order chi connectivity index (χ1) is 13.3. The Bertz CT molecular complexity index is 925. The zero-order valence-electron chi connectivity index (χ0n) is 15.0. The van der Waals surface area contributed by atoms with E-state index in [4.69, 9.17) is 14.9 Å². The molecule has 0 aliphatic carbocycles. The van der Waals surface area contributed by atoms with Crippen molar-refractivity contribution in [2.24, 2.45) is 5.73 Å². The third-order valence-electron chi connectivity index (χ3n) is 4.55. The third kappa shape index (κ3) is 4.55. The molecule has 2 aromatic rings. The number of carbonyl (C=O) groups is 1. The summed E-state index contributed by atoms with van der Waals surface area (Å²) in [7, 11) is 0. The fraction of sp³-hybridized carbons (Fsp3) is 0.368. The van der Waals surface area contributed by atoms with Gasteiger partial charge in [-0.05, 0) is 17.7 Å². The van der Waals surface area contributed by atoms with Crippen LogP contribution in [0.5, 0.6) is 5.75 Å². The van der Waals surface area contributed by atoms with E-state index in [-0.39, 0.29) is 23.5 Å². The first kappa shape index (κ1) is 20.0. The van der Waals surface area contributed by atoms with E-state index in [0.717, 1.165) is 12.1 Å². The predicted molar refractivity (Wildman–Crippen MR) is 94.8 cm³/mol. The monoisotopic (exact) mass is 394 g/mol. The van der Waals surface area contributed by atoms with Gasteiger partial charge in [-0.2, -0.15) is 0 Å². The van der Waals surface area contributed by atoms with Crippen molar-refractivity contribution < 1.29 is 27.8 Å². The number of aromatic hydroxyl groups is 1. The summed E-state index contributed by atoms with van der Waals surface area (Å²) in [5.41, 5.74) is 4.74. The topological polar surface area (TPSA) is 106 Å². The summed E-state index contributed by atoms with van der Waals surface area (Å²) < 4.78 is 38.0. The molecule has 0 radical (unpaired) electrons. The second-order valence-corrected chi connectivity index (χ2v) is 6.57. The molecule has 1 aromatic carbocycles. The first-order valence-corrected chi connectivity index (χ1v) is 8.74. The van der Waals surface area contributed by atoms with Crippen LogP contribution >= 0.6 is 0 Å². The van der Waals surface area contributed by atoms with Crippen molar-refractivity contribution in [1.82, 2.24) is 4.90 Å². The first-order valence-electron chi connectivity index (χ1n) is 8.74. The molecule has 1 aromatic heterocycles.